The Morgan fingerprint density at radius 2 is 1.60 bits per heavy atom. The van der Waals surface area contributed by atoms with Crippen molar-refractivity contribution >= 4 is 11.6 Å². The fourth-order valence-corrected chi connectivity index (χ4v) is 4.56. The van der Waals surface area contributed by atoms with Gasteiger partial charge in [0, 0.05) is 17.6 Å². The van der Waals surface area contributed by atoms with Crippen molar-refractivity contribution < 1.29 is 0 Å². The van der Waals surface area contributed by atoms with Gasteiger partial charge in [-0.2, -0.15) is 0 Å². The molecule has 4 aliphatic carbocycles. The molecule has 0 unspecified atom stereocenters. The highest BCUT2D eigenvalue weighted by Gasteiger charge is 2.47. The van der Waals surface area contributed by atoms with E-state index in [0.717, 1.165) is 41.3 Å². The number of rotatable bonds is 3. The molecular weight excluding hydrogens is 206 g/mol. The summed E-state index contributed by atoms with van der Waals surface area (Å²) in [6, 6.07) is 0.744. The van der Waals surface area contributed by atoms with Gasteiger partial charge in [-0.05, 0) is 55.8 Å². The molecule has 4 fully saturated rings. The first-order valence-electron chi connectivity index (χ1n) is 6.29. The molecule has 4 aliphatic rings. The lowest BCUT2D eigenvalue weighted by Gasteiger charge is -2.54. The third-order valence-corrected chi connectivity index (χ3v) is 4.89. The van der Waals surface area contributed by atoms with Crippen LogP contribution < -0.4 is 5.32 Å². The average molecular weight is 226 g/mol. The predicted octanol–water partition coefficient (Wildman–Crippen LogP) is 3.15. The Balaban J connectivity index is 1.67. The van der Waals surface area contributed by atoms with Gasteiger partial charge >= 0.3 is 0 Å². The van der Waals surface area contributed by atoms with Gasteiger partial charge in [0.15, 0.2) is 0 Å². The molecule has 1 N–H and O–H groups in total. The van der Waals surface area contributed by atoms with Gasteiger partial charge in [0.05, 0.1) is 0 Å². The lowest BCUT2D eigenvalue weighted by Crippen LogP contribution is -2.54. The summed E-state index contributed by atoms with van der Waals surface area (Å²) < 4.78 is 0. The van der Waals surface area contributed by atoms with E-state index >= 15 is 0 Å². The van der Waals surface area contributed by atoms with E-state index in [4.69, 9.17) is 11.6 Å². The molecule has 0 aromatic heterocycles. The van der Waals surface area contributed by atoms with Gasteiger partial charge in [-0.25, -0.2) is 0 Å². The van der Waals surface area contributed by atoms with Crippen molar-refractivity contribution in [3.63, 3.8) is 0 Å². The molecule has 4 saturated carbocycles. The van der Waals surface area contributed by atoms with E-state index in [0.29, 0.717) is 0 Å². The van der Waals surface area contributed by atoms with Crippen molar-refractivity contribution in [2.45, 2.75) is 38.1 Å². The first-order chi connectivity index (χ1) is 7.22. The molecule has 0 atom stereocenters. The van der Waals surface area contributed by atoms with Gasteiger partial charge < -0.3 is 5.32 Å². The van der Waals surface area contributed by atoms with Crippen LogP contribution in [0.3, 0.4) is 0 Å². The van der Waals surface area contributed by atoms with Crippen molar-refractivity contribution in [2.24, 2.45) is 23.7 Å². The van der Waals surface area contributed by atoms with Crippen molar-refractivity contribution in [1.82, 2.24) is 5.32 Å². The van der Waals surface area contributed by atoms with Crippen molar-refractivity contribution in [3.05, 3.63) is 11.6 Å². The second-order valence-corrected chi connectivity index (χ2v) is 6.39. The molecule has 0 radical (unpaired) electrons. The Hall–Kier alpha value is -0.0100. The van der Waals surface area contributed by atoms with Crippen LogP contribution in [0.25, 0.3) is 0 Å². The first-order valence-corrected chi connectivity index (χ1v) is 6.67. The number of hydrogen-bond acceptors (Lipinski definition) is 1. The highest BCUT2D eigenvalue weighted by Crippen LogP contribution is 2.53. The Bertz CT molecular complexity index is 246. The third-order valence-electron chi connectivity index (χ3n) is 4.76. The Kier molecular flexibility index (Phi) is 2.56. The van der Waals surface area contributed by atoms with Crippen LogP contribution in [0.1, 0.15) is 32.1 Å². The minimum atomic E-state index is 0.744. The Labute approximate surface area is 97.3 Å². The number of hydrogen-bond donors (Lipinski definition) is 1. The molecule has 2 heteroatoms. The second kappa shape index (κ2) is 3.78. The molecule has 15 heavy (non-hydrogen) atoms. The SMILES string of the molecule is C=C(Cl)CNC1C2CC3CC(C2)CC1C3. The van der Waals surface area contributed by atoms with Crippen LogP contribution in [0.4, 0.5) is 0 Å². The molecule has 0 amide bonds. The van der Waals surface area contributed by atoms with Gasteiger partial charge in [0.2, 0.25) is 0 Å². The summed E-state index contributed by atoms with van der Waals surface area (Å²) >= 11 is 5.83. The Morgan fingerprint density at radius 3 is 2.07 bits per heavy atom. The fraction of sp³-hybridized carbons (Fsp3) is 0.846. The minimum Gasteiger partial charge on any atom is -0.308 e. The second-order valence-electron chi connectivity index (χ2n) is 5.85. The smallest absolute Gasteiger partial charge is 0.0310 e. The van der Waals surface area contributed by atoms with E-state index in [9.17, 15) is 0 Å². The van der Waals surface area contributed by atoms with E-state index in [1.54, 1.807) is 0 Å². The third kappa shape index (κ3) is 1.85. The lowest BCUT2D eigenvalue weighted by atomic mass is 9.54. The topological polar surface area (TPSA) is 12.0 Å². The molecule has 0 spiro atoms. The molecule has 0 aliphatic heterocycles. The Morgan fingerprint density at radius 1 is 1.07 bits per heavy atom. The van der Waals surface area contributed by atoms with Crippen LogP contribution in [0.5, 0.6) is 0 Å². The molecule has 0 aromatic rings. The number of nitrogens with one attached hydrogen (secondary N) is 1. The van der Waals surface area contributed by atoms with Gasteiger partial charge in [-0.1, -0.05) is 18.2 Å². The quantitative estimate of drug-likeness (QED) is 0.778. The zero-order valence-electron chi connectivity index (χ0n) is 9.21. The van der Waals surface area contributed by atoms with E-state index in [1.165, 1.54) is 32.1 Å². The number of halogens is 1. The average Bonchev–Trinajstić information content (AvgIpc) is 2.14. The van der Waals surface area contributed by atoms with E-state index in [-0.39, 0.29) is 0 Å². The molecule has 4 bridgehead atoms. The molecule has 0 heterocycles. The largest absolute Gasteiger partial charge is 0.308 e. The standard InChI is InChI=1S/C13H20ClN/c1-8(14)7-15-13-11-3-9-2-10(5-11)6-12(13)4-9/h9-13,15H,1-7H2. The van der Waals surface area contributed by atoms with Crippen LogP contribution in [0.2, 0.25) is 0 Å². The van der Waals surface area contributed by atoms with Gasteiger partial charge in [-0.3, -0.25) is 0 Å². The molecule has 0 saturated heterocycles. The maximum absolute atomic E-state index is 5.83. The molecule has 84 valence electrons. The maximum Gasteiger partial charge on any atom is 0.0310 e. The zero-order valence-corrected chi connectivity index (χ0v) is 9.97. The summed E-state index contributed by atoms with van der Waals surface area (Å²) in [6.45, 7) is 4.56. The van der Waals surface area contributed by atoms with Crippen LogP contribution in [0, 0.1) is 23.7 Å². The highest BCUT2D eigenvalue weighted by molar-refractivity contribution is 6.29. The van der Waals surface area contributed by atoms with Crippen molar-refractivity contribution in [2.75, 3.05) is 6.54 Å². The van der Waals surface area contributed by atoms with E-state index in [2.05, 4.69) is 11.9 Å². The minimum absolute atomic E-state index is 0.744. The lowest BCUT2D eigenvalue weighted by molar-refractivity contribution is -0.0124. The summed E-state index contributed by atoms with van der Waals surface area (Å²) in [4.78, 5) is 0. The van der Waals surface area contributed by atoms with Gasteiger partial charge in [-0.15, -0.1) is 0 Å². The normalized spacial score (nSPS) is 47.1. The molecule has 0 aromatic carbocycles. The predicted molar refractivity (Wildman–Crippen MR) is 63.8 cm³/mol. The van der Waals surface area contributed by atoms with Crippen molar-refractivity contribution in [3.8, 4) is 0 Å². The summed E-state index contributed by atoms with van der Waals surface area (Å²) in [5, 5.41) is 4.39. The summed E-state index contributed by atoms with van der Waals surface area (Å²) in [6.07, 6.45) is 7.42. The van der Waals surface area contributed by atoms with Crippen LogP contribution in [-0.4, -0.2) is 12.6 Å². The van der Waals surface area contributed by atoms with Crippen molar-refractivity contribution in [1.29, 1.82) is 0 Å². The fourth-order valence-electron chi connectivity index (χ4n) is 4.49. The first kappa shape index (κ1) is 10.2. The summed E-state index contributed by atoms with van der Waals surface area (Å²) in [7, 11) is 0. The molecule has 1 nitrogen and oxygen atoms in total. The summed E-state index contributed by atoms with van der Waals surface area (Å²) in [5.41, 5.74) is 0. The van der Waals surface area contributed by atoms with E-state index < -0.39 is 0 Å². The zero-order chi connectivity index (χ0) is 10.4. The summed E-state index contributed by atoms with van der Waals surface area (Å²) in [5.74, 6) is 4.00. The molecule has 4 rings (SSSR count). The van der Waals surface area contributed by atoms with E-state index in [1.807, 2.05) is 0 Å². The van der Waals surface area contributed by atoms with Crippen LogP contribution >= 0.6 is 11.6 Å². The molecular formula is C13H20ClN. The monoisotopic (exact) mass is 225 g/mol. The van der Waals surface area contributed by atoms with Gasteiger partial charge in [0.1, 0.15) is 0 Å². The highest BCUT2D eigenvalue weighted by atomic mass is 35.5. The van der Waals surface area contributed by atoms with Crippen LogP contribution in [0.15, 0.2) is 11.6 Å². The van der Waals surface area contributed by atoms with Gasteiger partial charge in [0.25, 0.3) is 0 Å². The maximum atomic E-state index is 5.83. The van der Waals surface area contributed by atoms with Crippen LogP contribution in [-0.2, 0) is 0 Å².